The molecule has 0 unspecified atom stereocenters. The van der Waals surface area contributed by atoms with E-state index in [0.29, 0.717) is 5.95 Å². The van der Waals surface area contributed by atoms with Crippen LogP contribution in [-0.4, -0.2) is 72.0 Å². The number of nitrogens with zero attached hydrogens (tertiary/aromatic N) is 3. The molecule has 0 spiro atoms. The van der Waals surface area contributed by atoms with Gasteiger partial charge >= 0.3 is 0 Å². The van der Waals surface area contributed by atoms with Gasteiger partial charge in [-0.3, -0.25) is 4.90 Å². The summed E-state index contributed by atoms with van der Waals surface area (Å²) in [6.07, 6.45) is 0. The molecule has 0 aliphatic carbocycles. The van der Waals surface area contributed by atoms with Crippen molar-refractivity contribution >= 4 is 11.8 Å². The highest BCUT2D eigenvalue weighted by Crippen LogP contribution is 2.21. The summed E-state index contributed by atoms with van der Waals surface area (Å²) in [5.41, 5.74) is 1.88. The van der Waals surface area contributed by atoms with Crippen LogP contribution in [0.2, 0.25) is 0 Å². The lowest BCUT2D eigenvalue weighted by molar-refractivity contribution is 0.0398. The number of anilines is 2. The van der Waals surface area contributed by atoms with Crippen LogP contribution in [0.1, 0.15) is 6.92 Å². The fourth-order valence-corrected chi connectivity index (χ4v) is 2.79. The van der Waals surface area contributed by atoms with Gasteiger partial charge in [-0.2, -0.15) is 4.98 Å². The minimum atomic E-state index is -0.109. The lowest BCUT2D eigenvalue weighted by atomic mass is 10.1. The van der Waals surface area contributed by atoms with Crippen LogP contribution in [0.25, 0.3) is 11.3 Å². The van der Waals surface area contributed by atoms with Crippen LogP contribution in [0.4, 0.5) is 11.8 Å². The van der Waals surface area contributed by atoms with E-state index in [-0.39, 0.29) is 12.6 Å². The van der Waals surface area contributed by atoms with Crippen molar-refractivity contribution in [3.63, 3.8) is 0 Å². The number of benzene rings is 1. The molecule has 1 atom stereocenters. The first kappa shape index (κ1) is 18.6. The predicted octanol–water partition coefficient (Wildman–Crippen LogP) is 1.68. The molecule has 0 radical (unpaired) electrons. The summed E-state index contributed by atoms with van der Waals surface area (Å²) < 4.78 is 5.38. The molecule has 2 heterocycles. The molecule has 0 saturated carbocycles. The minimum absolute atomic E-state index is 0.0265. The van der Waals surface area contributed by atoms with Crippen molar-refractivity contribution in [2.45, 2.75) is 13.0 Å². The number of rotatable bonds is 8. The standard InChI is InChI=1S/C19H27N5O2/c1-15(14-25)21-19-22-17(16-5-3-2-4-6-16)13-18(23-19)20-7-8-24-9-11-26-12-10-24/h2-6,13,15,25H,7-12,14H2,1H3,(H2,20,21,22,23)/t15-/m1/s1. The van der Waals surface area contributed by atoms with Crippen molar-refractivity contribution < 1.29 is 9.84 Å². The summed E-state index contributed by atoms with van der Waals surface area (Å²) >= 11 is 0. The number of morpholine rings is 1. The molecule has 7 nitrogen and oxygen atoms in total. The van der Waals surface area contributed by atoms with E-state index in [1.54, 1.807) is 0 Å². The molecule has 2 aromatic rings. The molecular weight excluding hydrogens is 330 g/mol. The maximum Gasteiger partial charge on any atom is 0.225 e. The average molecular weight is 357 g/mol. The largest absolute Gasteiger partial charge is 0.394 e. The summed E-state index contributed by atoms with van der Waals surface area (Å²) in [6, 6.07) is 11.9. The zero-order chi connectivity index (χ0) is 18.2. The van der Waals surface area contributed by atoms with Gasteiger partial charge in [0.2, 0.25) is 5.95 Å². The van der Waals surface area contributed by atoms with E-state index in [1.165, 1.54) is 0 Å². The van der Waals surface area contributed by atoms with E-state index in [2.05, 4.69) is 25.5 Å². The fraction of sp³-hybridized carbons (Fsp3) is 0.474. The van der Waals surface area contributed by atoms with Crippen molar-refractivity contribution in [2.75, 3.05) is 56.6 Å². The number of ether oxygens (including phenoxy) is 1. The van der Waals surface area contributed by atoms with Crippen LogP contribution in [0.5, 0.6) is 0 Å². The lowest BCUT2D eigenvalue weighted by Gasteiger charge is -2.26. The Morgan fingerprint density at radius 3 is 2.69 bits per heavy atom. The van der Waals surface area contributed by atoms with Crippen LogP contribution in [0.15, 0.2) is 36.4 Å². The third-order valence-corrected chi connectivity index (χ3v) is 4.28. The topological polar surface area (TPSA) is 82.5 Å². The summed E-state index contributed by atoms with van der Waals surface area (Å²) in [5.74, 6) is 1.29. The van der Waals surface area contributed by atoms with Crippen molar-refractivity contribution in [1.82, 2.24) is 14.9 Å². The molecular formula is C19H27N5O2. The maximum atomic E-state index is 9.29. The Labute approximate surface area is 154 Å². The fourth-order valence-electron chi connectivity index (χ4n) is 2.79. The molecule has 0 bridgehead atoms. The number of aromatic nitrogens is 2. The molecule has 1 aromatic heterocycles. The molecule has 1 aliphatic rings. The maximum absolute atomic E-state index is 9.29. The first-order valence-corrected chi connectivity index (χ1v) is 9.10. The van der Waals surface area contributed by atoms with Gasteiger partial charge < -0.3 is 20.5 Å². The highest BCUT2D eigenvalue weighted by molar-refractivity contribution is 5.64. The molecule has 7 heteroatoms. The molecule has 3 N–H and O–H groups in total. The van der Waals surface area contributed by atoms with Crippen LogP contribution in [-0.2, 0) is 4.74 Å². The first-order chi connectivity index (χ1) is 12.7. The van der Waals surface area contributed by atoms with Gasteiger partial charge in [0.1, 0.15) is 5.82 Å². The van der Waals surface area contributed by atoms with E-state index in [4.69, 9.17) is 4.74 Å². The van der Waals surface area contributed by atoms with Crippen molar-refractivity contribution in [2.24, 2.45) is 0 Å². The van der Waals surface area contributed by atoms with Crippen molar-refractivity contribution in [1.29, 1.82) is 0 Å². The quantitative estimate of drug-likeness (QED) is 0.663. The second kappa shape index (κ2) is 9.47. The van der Waals surface area contributed by atoms with Gasteiger partial charge in [-0.05, 0) is 6.92 Å². The molecule has 1 aliphatic heterocycles. The number of hydrogen-bond donors (Lipinski definition) is 3. The second-order valence-electron chi connectivity index (χ2n) is 6.44. The van der Waals surface area contributed by atoms with Crippen molar-refractivity contribution in [3.8, 4) is 11.3 Å². The van der Waals surface area contributed by atoms with Crippen LogP contribution < -0.4 is 10.6 Å². The van der Waals surface area contributed by atoms with Gasteiger partial charge in [0.25, 0.3) is 0 Å². The van der Waals surface area contributed by atoms with E-state index >= 15 is 0 Å². The highest BCUT2D eigenvalue weighted by Gasteiger charge is 2.11. The summed E-state index contributed by atoms with van der Waals surface area (Å²) in [4.78, 5) is 11.5. The first-order valence-electron chi connectivity index (χ1n) is 9.10. The van der Waals surface area contributed by atoms with Crippen molar-refractivity contribution in [3.05, 3.63) is 36.4 Å². The molecule has 26 heavy (non-hydrogen) atoms. The third kappa shape index (κ3) is 5.39. The summed E-state index contributed by atoms with van der Waals surface area (Å²) in [6.45, 7) is 7.23. The predicted molar refractivity (Wildman–Crippen MR) is 103 cm³/mol. The Balaban J connectivity index is 1.71. The van der Waals surface area contributed by atoms with E-state index < -0.39 is 0 Å². The molecule has 1 fully saturated rings. The monoisotopic (exact) mass is 357 g/mol. The number of nitrogens with one attached hydrogen (secondary N) is 2. The normalized spacial score (nSPS) is 16.2. The summed E-state index contributed by atoms with van der Waals surface area (Å²) in [5, 5.41) is 15.8. The zero-order valence-corrected chi connectivity index (χ0v) is 15.2. The minimum Gasteiger partial charge on any atom is -0.394 e. The molecule has 140 valence electrons. The van der Waals surface area contributed by atoms with Gasteiger partial charge in [-0.25, -0.2) is 4.98 Å². The van der Waals surface area contributed by atoms with E-state index in [1.807, 2.05) is 43.3 Å². The molecule has 0 amide bonds. The van der Waals surface area contributed by atoms with Gasteiger partial charge in [0.15, 0.2) is 0 Å². The van der Waals surface area contributed by atoms with Crippen LogP contribution >= 0.6 is 0 Å². The smallest absolute Gasteiger partial charge is 0.225 e. The zero-order valence-electron chi connectivity index (χ0n) is 15.2. The lowest BCUT2D eigenvalue weighted by Crippen LogP contribution is -2.39. The Morgan fingerprint density at radius 2 is 1.96 bits per heavy atom. The van der Waals surface area contributed by atoms with Gasteiger partial charge in [-0.15, -0.1) is 0 Å². The SMILES string of the molecule is C[C@H](CO)Nc1nc(NCCN2CCOCC2)cc(-c2ccccc2)n1. The molecule has 3 rings (SSSR count). The highest BCUT2D eigenvalue weighted by atomic mass is 16.5. The van der Waals surface area contributed by atoms with Gasteiger partial charge in [0.05, 0.1) is 25.5 Å². The van der Waals surface area contributed by atoms with Crippen LogP contribution in [0.3, 0.4) is 0 Å². The number of hydrogen-bond acceptors (Lipinski definition) is 7. The molecule has 1 saturated heterocycles. The van der Waals surface area contributed by atoms with E-state index in [0.717, 1.165) is 56.5 Å². The second-order valence-corrected chi connectivity index (χ2v) is 6.44. The average Bonchev–Trinajstić information content (AvgIpc) is 2.69. The van der Waals surface area contributed by atoms with Crippen LogP contribution in [0, 0.1) is 0 Å². The Morgan fingerprint density at radius 1 is 1.19 bits per heavy atom. The Bertz CT molecular complexity index is 677. The third-order valence-electron chi connectivity index (χ3n) is 4.28. The molecule has 1 aromatic carbocycles. The van der Waals surface area contributed by atoms with E-state index in [9.17, 15) is 5.11 Å². The Hall–Kier alpha value is -2.22. The van der Waals surface area contributed by atoms with Gasteiger partial charge in [0, 0.05) is 43.9 Å². The Kier molecular flexibility index (Phi) is 6.76. The van der Waals surface area contributed by atoms with Gasteiger partial charge in [-0.1, -0.05) is 30.3 Å². The summed E-state index contributed by atoms with van der Waals surface area (Å²) in [7, 11) is 0. The number of aliphatic hydroxyl groups is 1. The number of aliphatic hydroxyl groups excluding tert-OH is 1.